The second-order valence-electron chi connectivity index (χ2n) is 5.98. The maximum atomic E-state index is 12.3. The molecule has 0 radical (unpaired) electrons. The molecule has 1 aromatic carbocycles. The first-order valence-corrected chi connectivity index (χ1v) is 10.5. The highest BCUT2D eigenvalue weighted by Gasteiger charge is 2.12. The number of carbonyl (C=O) groups is 1. The van der Waals surface area contributed by atoms with Gasteiger partial charge in [0.1, 0.15) is 16.4 Å². The van der Waals surface area contributed by atoms with Crippen LogP contribution in [0.4, 0.5) is 0 Å². The van der Waals surface area contributed by atoms with Crippen molar-refractivity contribution in [1.29, 1.82) is 0 Å². The highest BCUT2D eigenvalue weighted by Crippen LogP contribution is 2.26. The van der Waals surface area contributed by atoms with Crippen LogP contribution >= 0.6 is 23.1 Å². The topological polar surface area (TPSA) is 84.1 Å². The zero-order valence-electron chi connectivity index (χ0n) is 15.4. The van der Waals surface area contributed by atoms with Gasteiger partial charge in [-0.1, -0.05) is 12.1 Å². The minimum Gasteiger partial charge on any atom is -0.496 e. The van der Waals surface area contributed by atoms with Crippen molar-refractivity contribution in [3.8, 4) is 5.75 Å². The Bertz CT molecular complexity index is 1030. The van der Waals surface area contributed by atoms with Gasteiger partial charge in [0.05, 0.1) is 23.8 Å². The average molecular weight is 404 g/mol. The van der Waals surface area contributed by atoms with E-state index < -0.39 is 0 Å². The van der Waals surface area contributed by atoms with Gasteiger partial charge in [-0.3, -0.25) is 9.59 Å². The van der Waals surface area contributed by atoms with Gasteiger partial charge in [-0.05, 0) is 31.5 Å². The number of fused-ring (bicyclic) bond motifs is 1. The molecule has 142 valence electrons. The summed E-state index contributed by atoms with van der Waals surface area (Å²) in [4.78, 5) is 33.8. The van der Waals surface area contributed by atoms with E-state index in [1.807, 2.05) is 19.9 Å². The molecular weight excluding hydrogens is 382 g/mol. The van der Waals surface area contributed by atoms with E-state index in [0.29, 0.717) is 40.6 Å². The zero-order valence-corrected chi connectivity index (χ0v) is 17.1. The van der Waals surface area contributed by atoms with Gasteiger partial charge in [0.25, 0.3) is 11.5 Å². The van der Waals surface area contributed by atoms with Crippen molar-refractivity contribution in [2.75, 3.05) is 19.4 Å². The van der Waals surface area contributed by atoms with E-state index in [0.717, 1.165) is 15.3 Å². The summed E-state index contributed by atoms with van der Waals surface area (Å²) in [5.41, 5.74) is 1.44. The van der Waals surface area contributed by atoms with E-state index in [9.17, 15) is 9.59 Å². The fraction of sp³-hybridized carbons (Fsp3) is 0.316. The van der Waals surface area contributed by atoms with Crippen LogP contribution in [0.15, 0.2) is 29.1 Å². The predicted molar refractivity (Wildman–Crippen MR) is 111 cm³/mol. The maximum Gasteiger partial charge on any atom is 0.259 e. The van der Waals surface area contributed by atoms with E-state index in [1.165, 1.54) is 0 Å². The smallest absolute Gasteiger partial charge is 0.259 e. The quantitative estimate of drug-likeness (QED) is 0.592. The summed E-state index contributed by atoms with van der Waals surface area (Å²) in [6, 6.07) is 7.12. The number of nitrogens with zero attached hydrogens (tertiary/aromatic N) is 1. The second-order valence-corrected chi connectivity index (χ2v) is 8.29. The summed E-state index contributed by atoms with van der Waals surface area (Å²) in [5.74, 6) is 2.36. The van der Waals surface area contributed by atoms with Crippen molar-refractivity contribution in [3.63, 3.8) is 0 Å². The molecule has 2 aromatic heterocycles. The SMILES string of the molecule is COc1ccccc1C(=O)NCCSCc1nc2sc(C)c(C)c2c(=O)[nH]1. The number of thioether (sulfide) groups is 1. The molecule has 0 saturated heterocycles. The van der Waals surface area contributed by atoms with Crippen LogP contribution < -0.4 is 15.6 Å². The summed E-state index contributed by atoms with van der Waals surface area (Å²) in [5, 5.41) is 3.57. The first-order valence-electron chi connectivity index (χ1n) is 8.49. The number of carbonyl (C=O) groups excluding carboxylic acids is 1. The number of nitrogens with one attached hydrogen (secondary N) is 2. The van der Waals surface area contributed by atoms with Crippen LogP contribution in [-0.4, -0.2) is 35.3 Å². The molecule has 6 nitrogen and oxygen atoms in total. The number of hydrogen-bond acceptors (Lipinski definition) is 6. The summed E-state index contributed by atoms with van der Waals surface area (Å²) >= 11 is 3.15. The Morgan fingerprint density at radius 3 is 2.89 bits per heavy atom. The number of methoxy groups -OCH3 is 1. The molecule has 0 atom stereocenters. The molecule has 1 amide bonds. The molecule has 2 N–H and O–H groups in total. The average Bonchev–Trinajstić information content (AvgIpc) is 2.95. The number of aromatic nitrogens is 2. The van der Waals surface area contributed by atoms with Crippen LogP contribution in [-0.2, 0) is 5.75 Å². The van der Waals surface area contributed by atoms with Crippen LogP contribution in [0.3, 0.4) is 0 Å². The molecule has 8 heteroatoms. The molecule has 0 saturated carbocycles. The lowest BCUT2D eigenvalue weighted by molar-refractivity contribution is 0.0953. The van der Waals surface area contributed by atoms with Gasteiger partial charge < -0.3 is 15.0 Å². The molecule has 0 unspecified atom stereocenters. The van der Waals surface area contributed by atoms with E-state index in [1.54, 1.807) is 48.4 Å². The van der Waals surface area contributed by atoms with Gasteiger partial charge in [0, 0.05) is 17.2 Å². The Balaban J connectivity index is 1.53. The molecule has 0 bridgehead atoms. The second kappa shape index (κ2) is 8.58. The lowest BCUT2D eigenvalue weighted by atomic mass is 10.2. The van der Waals surface area contributed by atoms with Crippen molar-refractivity contribution >= 4 is 39.2 Å². The fourth-order valence-electron chi connectivity index (χ4n) is 2.70. The molecule has 0 aliphatic carbocycles. The van der Waals surface area contributed by atoms with Crippen LogP contribution in [0.2, 0.25) is 0 Å². The Labute approximate surface area is 165 Å². The Kier molecular flexibility index (Phi) is 6.18. The molecule has 2 heterocycles. The number of para-hydroxylation sites is 1. The minimum absolute atomic E-state index is 0.0816. The van der Waals surface area contributed by atoms with E-state index in [4.69, 9.17) is 4.74 Å². The number of hydrogen-bond donors (Lipinski definition) is 2. The first-order chi connectivity index (χ1) is 13.0. The number of aryl methyl sites for hydroxylation is 2. The molecule has 27 heavy (non-hydrogen) atoms. The molecular formula is C19H21N3O3S2. The summed E-state index contributed by atoms with van der Waals surface area (Å²) in [6.45, 7) is 4.47. The Morgan fingerprint density at radius 2 is 2.11 bits per heavy atom. The first kappa shape index (κ1) is 19.4. The highest BCUT2D eigenvalue weighted by atomic mass is 32.2. The van der Waals surface area contributed by atoms with E-state index >= 15 is 0 Å². The fourth-order valence-corrected chi connectivity index (χ4v) is 4.47. The number of benzene rings is 1. The highest BCUT2D eigenvalue weighted by molar-refractivity contribution is 7.98. The van der Waals surface area contributed by atoms with Crippen LogP contribution in [0, 0.1) is 13.8 Å². The molecule has 0 fully saturated rings. The third-order valence-corrected chi connectivity index (χ3v) is 6.28. The van der Waals surface area contributed by atoms with Crippen molar-refractivity contribution < 1.29 is 9.53 Å². The standard InChI is InChI=1S/C19H21N3O3S2/c1-11-12(2)27-19-16(11)18(24)21-15(22-19)10-26-9-8-20-17(23)13-6-4-5-7-14(13)25-3/h4-7H,8-10H2,1-3H3,(H,20,23)(H,21,22,24). The normalized spacial score (nSPS) is 10.9. The molecule has 3 aromatic rings. The third kappa shape index (κ3) is 4.33. The monoisotopic (exact) mass is 403 g/mol. The Morgan fingerprint density at radius 1 is 1.33 bits per heavy atom. The summed E-state index contributed by atoms with van der Waals surface area (Å²) in [6.07, 6.45) is 0. The van der Waals surface area contributed by atoms with E-state index in [-0.39, 0.29) is 11.5 Å². The summed E-state index contributed by atoms with van der Waals surface area (Å²) < 4.78 is 5.20. The van der Waals surface area contributed by atoms with Crippen molar-refractivity contribution in [1.82, 2.24) is 15.3 Å². The van der Waals surface area contributed by atoms with Gasteiger partial charge >= 0.3 is 0 Å². The van der Waals surface area contributed by atoms with Crippen LogP contribution in [0.1, 0.15) is 26.6 Å². The van der Waals surface area contributed by atoms with Gasteiger partial charge in [0.15, 0.2) is 0 Å². The van der Waals surface area contributed by atoms with E-state index in [2.05, 4.69) is 15.3 Å². The molecule has 3 rings (SSSR count). The zero-order chi connectivity index (χ0) is 19.4. The van der Waals surface area contributed by atoms with Gasteiger partial charge in [-0.25, -0.2) is 4.98 Å². The molecule has 0 spiro atoms. The number of aromatic amines is 1. The van der Waals surface area contributed by atoms with Crippen LogP contribution in [0.25, 0.3) is 10.2 Å². The Hall–Kier alpha value is -2.32. The number of thiophene rings is 1. The minimum atomic E-state index is -0.162. The number of H-pyrrole nitrogens is 1. The molecule has 0 aliphatic rings. The lowest BCUT2D eigenvalue weighted by Crippen LogP contribution is -2.26. The van der Waals surface area contributed by atoms with Crippen molar-refractivity contribution in [3.05, 3.63) is 56.4 Å². The van der Waals surface area contributed by atoms with Crippen LogP contribution in [0.5, 0.6) is 5.75 Å². The van der Waals surface area contributed by atoms with Gasteiger partial charge in [-0.2, -0.15) is 11.8 Å². The largest absolute Gasteiger partial charge is 0.496 e. The third-order valence-electron chi connectivity index (χ3n) is 4.21. The molecule has 0 aliphatic heterocycles. The summed E-state index contributed by atoms with van der Waals surface area (Å²) in [7, 11) is 1.54. The predicted octanol–water partition coefficient (Wildman–Crippen LogP) is 3.27. The van der Waals surface area contributed by atoms with Crippen molar-refractivity contribution in [2.45, 2.75) is 19.6 Å². The van der Waals surface area contributed by atoms with Gasteiger partial charge in [0.2, 0.25) is 0 Å². The number of rotatable bonds is 7. The van der Waals surface area contributed by atoms with Gasteiger partial charge in [-0.15, -0.1) is 11.3 Å². The van der Waals surface area contributed by atoms with Crippen molar-refractivity contribution in [2.24, 2.45) is 0 Å². The number of ether oxygens (including phenoxy) is 1. The lowest BCUT2D eigenvalue weighted by Gasteiger charge is -2.08. The maximum absolute atomic E-state index is 12.3. The number of amides is 1.